The Bertz CT molecular complexity index is 322. The van der Waals surface area contributed by atoms with Gasteiger partial charge in [-0.3, -0.25) is 0 Å². The molecule has 0 bridgehead atoms. The number of aromatic nitrogens is 2. The molecule has 0 saturated carbocycles. The van der Waals surface area contributed by atoms with Crippen LogP contribution >= 0.6 is 11.8 Å². The first-order valence-electron chi connectivity index (χ1n) is 6.44. The molecule has 0 saturated heterocycles. The van der Waals surface area contributed by atoms with Crippen molar-refractivity contribution in [2.75, 3.05) is 23.9 Å². The maximum absolute atomic E-state index is 4.54. The fourth-order valence-electron chi connectivity index (χ4n) is 1.88. The minimum atomic E-state index is 0.685. The van der Waals surface area contributed by atoms with Crippen LogP contribution in [0, 0.1) is 12.8 Å². The summed E-state index contributed by atoms with van der Waals surface area (Å²) >= 11 is 1.91. The van der Waals surface area contributed by atoms with Crippen molar-refractivity contribution in [3.63, 3.8) is 0 Å². The van der Waals surface area contributed by atoms with E-state index >= 15 is 0 Å². The Kier molecular flexibility index (Phi) is 6.48. The van der Waals surface area contributed by atoms with E-state index in [0.29, 0.717) is 5.92 Å². The first kappa shape index (κ1) is 14.4. The van der Waals surface area contributed by atoms with E-state index in [4.69, 9.17) is 0 Å². The van der Waals surface area contributed by atoms with E-state index in [1.54, 1.807) is 0 Å². The molecule has 0 aromatic carbocycles. The highest BCUT2D eigenvalue weighted by Gasteiger charge is 2.08. The lowest BCUT2D eigenvalue weighted by Gasteiger charge is -2.14. The van der Waals surface area contributed by atoms with Crippen molar-refractivity contribution in [1.82, 2.24) is 9.55 Å². The van der Waals surface area contributed by atoms with E-state index in [1.165, 1.54) is 18.6 Å². The molecule has 0 aliphatic heterocycles. The van der Waals surface area contributed by atoms with Crippen LogP contribution in [0.2, 0.25) is 0 Å². The fourth-order valence-corrected chi connectivity index (χ4v) is 2.55. The van der Waals surface area contributed by atoms with Gasteiger partial charge in [0.25, 0.3) is 0 Å². The van der Waals surface area contributed by atoms with Gasteiger partial charge in [0.05, 0.1) is 5.69 Å². The van der Waals surface area contributed by atoms with Gasteiger partial charge in [0.15, 0.2) is 0 Å². The average Bonchev–Trinajstić information content (AvgIpc) is 2.60. The third-order valence-electron chi connectivity index (χ3n) is 2.67. The van der Waals surface area contributed by atoms with Crippen LogP contribution in [0.15, 0.2) is 6.20 Å². The van der Waals surface area contributed by atoms with Gasteiger partial charge in [-0.05, 0) is 31.3 Å². The molecule has 1 aromatic rings. The third kappa shape index (κ3) is 5.02. The van der Waals surface area contributed by atoms with E-state index in [9.17, 15) is 0 Å². The summed E-state index contributed by atoms with van der Waals surface area (Å²) in [6.07, 6.45) is 6.73. The molecule has 1 atom stereocenters. The maximum Gasteiger partial charge on any atom is 0.203 e. The summed E-state index contributed by atoms with van der Waals surface area (Å²) in [7, 11) is 0. The molecule has 1 unspecified atom stereocenters. The predicted octanol–water partition coefficient (Wildman–Crippen LogP) is 3.40. The van der Waals surface area contributed by atoms with Crippen molar-refractivity contribution in [3.8, 4) is 0 Å². The normalized spacial score (nSPS) is 12.7. The van der Waals surface area contributed by atoms with Gasteiger partial charge < -0.3 is 9.88 Å². The van der Waals surface area contributed by atoms with Crippen molar-refractivity contribution in [1.29, 1.82) is 0 Å². The maximum atomic E-state index is 4.54. The summed E-state index contributed by atoms with van der Waals surface area (Å²) in [5.41, 5.74) is 1.10. The van der Waals surface area contributed by atoms with Crippen molar-refractivity contribution >= 4 is 17.7 Å². The zero-order valence-electron chi connectivity index (χ0n) is 11.5. The number of imidazole rings is 1. The number of hydrogen-bond donors (Lipinski definition) is 1. The van der Waals surface area contributed by atoms with Crippen LogP contribution in [0.4, 0.5) is 5.95 Å². The average molecular weight is 255 g/mol. The number of aryl methyl sites for hydroxylation is 1. The van der Waals surface area contributed by atoms with Gasteiger partial charge in [-0.15, -0.1) is 0 Å². The first-order chi connectivity index (χ1) is 8.17. The Balaban J connectivity index is 2.57. The minimum absolute atomic E-state index is 0.685. The summed E-state index contributed by atoms with van der Waals surface area (Å²) in [5, 5.41) is 3.43. The zero-order valence-corrected chi connectivity index (χ0v) is 12.3. The Hall–Kier alpha value is -0.640. The van der Waals surface area contributed by atoms with E-state index in [0.717, 1.165) is 24.7 Å². The second-order valence-electron chi connectivity index (χ2n) is 4.70. The number of anilines is 1. The van der Waals surface area contributed by atoms with Gasteiger partial charge in [0, 0.05) is 19.3 Å². The molecule has 1 rings (SSSR count). The highest BCUT2D eigenvalue weighted by Crippen LogP contribution is 2.14. The number of nitrogens with one attached hydrogen (secondary N) is 1. The van der Waals surface area contributed by atoms with Gasteiger partial charge in [0.2, 0.25) is 5.95 Å². The smallest absolute Gasteiger partial charge is 0.203 e. The molecule has 0 fully saturated rings. The van der Waals surface area contributed by atoms with Gasteiger partial charge in [0.1, 0.15) is 0 Å². The standard InChI is InChI=1S/C13H25N3S/c1-5-6-7-14-13-15-12(3)9-16(13)8-11(2)10-17-4/h9,11H,5-8,10H2,1-4H3,(H,14,15). The molecule has 0 aliphatic rings. The van der Waals surface area contributed by atoms with E-state index in [2.05, 4.69) is 48.1 Å². The van der Waals surface area contributed by atoms with E-state index in [-0.39, 0.29) is 0 Å². The van der Waals surface area contributed by atoms with Crippen molar-refractivity contribution in [2.45, 2.75) is 40.2 Å². The number of hydrogen-bond acceptors (Lipinski definition) is 3. The number of unbranched alkanes of at least 4 members (excludes halogenated alkanes) is 1. The molecule has 0 spiro atoms. The lowest BCUT2D eigenvalue weighted by molar-refractivity contribution is 0.533. The molecule has 98 valence electrons. The summed E-state index contributed by atoms with van der Waals surface area (Å²) in [6, 6.07) is 0. The molecular weight excluding hydrogens is 230 g/mol. The second-order valence-corrected chi connectivity index (χ2v) is 5.61. The SMILES string of the molecule is CCCCNc1nc(C)cn1CC(C)CSC. The molecule has 17 heavy (non-hydrogen) atoms. The summed E-state index contributed by atoms with van der Waals surface area (Å²) in [5.74, 6) is 2.92. The van der Waals surface area contributed by atoms with Gasteiger partial charge in [-0.2, -0.15) is 11.8 Å². The molecule has 0 amide bonds. The van der Waals surface area contributed by atoms with Crippen LogP contribution in [0.1, 0.15) is 32.4 Å². The zero-order chi connectivity index (χ0) is 12.7. The van der Waals surface area contributed by atoms with Crippen molar-refractivity contribution in [2.24, 2.45) is 5.92 Å². The quantitative estimate of drug-likeness (QED) is 0.722. The summed E-state index contributed by atoms with van der Waals surface area (Å²) < 4.78 is 2.26. The monoisotopic (exact) mass is 255 g/mol. The summed E-state index contributed by atoms with van der Waals surface area (Å²) in [4.78, 5) is 4.54. The molecular formula is C13H25N3S. The molecule has 0 radical (unpaired) electrons. The second kappa shape index (κ2) is 7.64. The first-order valence-corrected chi connectivity index (χ1v) is 7.83. The largest absolute Gasteiger partial charge is 0.356 e. The molecule has 1 heterocycles. The Morgan fingerprint density at radius 2 is 2.29 bits per heavy atom. The highest BCUT2D eigenvalue weighted by atomic mass is 32.2. The summed E-state index contributed by atoms with van der Waals surface area (Å²) in [6.45, 7) is 8.63. The van der Waals surface area contributed by atoms with Crippen LogP contribution in [-0.2, 0) is 6.54 Å². The number of thioether (sulfide) groups is 1. The van der Waals surface area contributed by atoms with Gasteiger partial charge >= 0.3 is 0 Å². The molecule has 0 aliphatic carbocycles. The molecule has 4 heteroatoms. The minimum Gasteiger partial charge on any atom is -0.356 e. The number of rotatable bonds is 8. The van der Waals surface area contributed by atoms with Crippen molar-refractivity contribution in [3.05, 3.63) is 11.9 Å². The van der Waals surface area contributed by atoms with Crippen LogP contribution < -0.4 is 5.32 Å². The lowest BCUT2D eigenvalue weighted by atomic mass is 10.2. The lowest BCUT2D eigenvalue weighted by Crippen LogP contribution is -2.13. The van der Waals surface area contributed by atoms with E-state index < -0.39 is 0 Å². The van der Waals surface area contributed by atoms with Crippen LogP contribution in [0.5, 0.6) is 0 Å². The Morgan fingerprint density at radius 1 is 1.53 bits per heavy atom. The van der Waals surface area contributed by atoms with Crippen LogP contribution in [0.25, 0.3) is 0 Å². The Labute approximate surface area is 109 Å². The highest BCUT2D eigenvalue weighted by molar-refractivity contribution is 7.98. The number of nitrogens with zero attached hydrogens (tertiary/aromatic N) is 2. The van der Waals surface area contributed by atoms with Crippen LogP contribution in [-0.4, -0.2) is 28.1 Å². The fraction of sp³-hybridized carbons (Fsp3) is 0.769. The van der Waals surface area contributed by atoms with Crippen molar-refractivity contribution < 1.29 is 0 Å². The van der Waals surface area contributed by atoms with Gasteiger partial charge in [-0.25, -0.2) is 4.98 Å². The van der Waals surface area contributed by atoms with E-state index in [1.807, 2.05) is 11.8 Å². The molecule has 1 aromatic heterocycles. The topological polar surface area (TPSA) is 29.9 Å². The van der Waals surface area contributed by atoms with Gasteiger partial charge in [-0.1, -0.05) is 20.3 Å². The third-order valence-corrected chi connectivity index (χ3v) is 3.57. The Morgan fingerprint density at radius 3 is 2.94 bits per heavy atom. The predicted molar refractivity (Wildman–Crippen MR) is 77.9 cm³/mol. The van der Waals surface area contributed by atoms with Crippen LogP contribution in [0.3, 0.4) is 0 Å². The molecule has 3 nitrogen and oxygen atoms in total. The molecule has 1 N–H and O–H groups in total.